The summed E-state index contributed by atoms with van der Waals surface area (Å²) in [5.74, 6) is -0.0631. The Morgan fingerprint density at radius 1 is 0.362 bits per heavy atom. The maximum atomic E-state index is 15.9. The quantitative estimate of drug-likeness (QED) is 0.136. The van der Waals surface area contributed by atoms with Crippen LogP contribution in [0.5, 0.6) is 0 Å². The van der Waals surface area contributed by atoms with Gasteiger partial charge in [-0.1, -0.05) is 127 Å². The van der Waals surface area contributed by atoms with E-state index in [1.54, 1.807) is 0 Å². The van der Waals surface area contributed by atoms with Crippen molar-refractivity contribution in [3.63, 3.8) is 0 Å². The van der Waals surface area contributed by atoms with Gasteiger partial charge in [-0.3, -0.25) is 4.79 Å². The van der Waals surface area contributed by atoms with Crippen molar-refractivity contribution in [3.05, 3.63) is 222 Å². The summed E-state index contributed by atoms with van der Waals surface area (Å²) in [5.41, 5.74) is 8.22. The first-order chi connectivity index (χ1) is 28.6. The summed E-state index contributed by atoms with van der Waals surface area (Å²) in [6, 6.07) is 71.8. The second-order valence-electron chi connectivity index (χ2n) is 14.0. The number of benzene rings is 7. The van der Waals surface area contributed by atoms with E-state index in [1.165, 1.54) is 22.7 Å². The highest BCUT2D eigenvalue weighted by Gasteiger charge is 2.44. The maximum Gasteiger partial charge on any atom is 0.214 e. The third-order valence-electron chi connectivity index (χ3n) is 10.5. The summed E-state index contributed by atoms with van der Waals surface area (Å²) >= 11 is 2.87. The highest BCUT2D eigenvalue weighted by atomic mass is 32.1. The Labute approximate surface area is 345 Å². The van der Waals surface area contributed by atoms with E-state index in [1.807, 2.05) is 115 Å². The standard InChI is InChI=1S/C51H35N2O2PS2/c54-49-50-45(34-47(57-50)36-26-30-42(31-27-36)52(38-16-6-1-7-17-38)39-18-8-2-9-19-39)56(55,44-24-14-5-15-25-44)46-35-48(58-51(46)49)37-28-32-43(33-29-37)53(40-20-10-3-11-21-40)41-22-12-4-13-23-41/h1-35H. The van der Waals surface area contributed by atoms with Crippen LogP contribution in [0.25, 0.3) is 20.9 Å². The molecular formula is C51H35N2O2PS2. The van der Waals surface area contributed by atoms with Crippen LogP contribution in [0.1, 0.15) is 14.5 Å². The van der Waals surface area contributed by atoms with Crippen LogP contribution in [0.15, 0.2) is 212 Å². The van der Waals surface area contributed by atoms with Crippen LogP contribution in [-0.2, 0) is 4.57 Å². The predicted molar refractivity (Wildman–Crippen MR) is 245 cm³/mol. The Hall–Kier alpha value is -6.56. The fourth-order valence-electron chi connectivity index (χ4n) is 7.74. The highest BCUT2D eigenvalue weighted by Crippen LogP contribution is 2.53. The number of rotatable bonds is 9. The number of fused-ring (bicyclic) bond motifs is 2. The topological polar surface area (TPSA) is 40.6 Å². The molecule has 2 aromatic heterocycles. The Bertz CT molecular complexity index is 2660. The van der Waals surface area contributed by atoms with E-state index in [4.69, 9.17) is 0 Å². The monoisotopic (exact) mass is 802 g/mol. The van der Waals surface area contributed by atoms with Crippen LogP contribution < -0.4 is 25.7 Å². The summed E-state index contributed by atoms with van der Waals surface area (Å²) < 4.78 is 15.9. The minimum atomic E-state index is -3.41. The number of para-hydroxylation sites is 4. The maximum absolute atomic E-state index is 15.9. The molecule has 7 aromatic carbocycles. The van der Waals surface area contributed by atoms with Gasteiger partial charge < -0.3 is 14.4 Å². The number of nitrogens with zero attached hydrogens (tertiary/aromatic N) is 2. The zero-order chi connectivity index (χ0) is 39.1. The second kappa shape index (κ2) is 15.1. The number of thiophene rings is 2. The lowest BCUT2D eigenvalue weighted by Crippen LogP contribution is -2.33. The average molecular weight is 803 g/mol. The number of carbonyl (C=O) groups is 1. The van der Waals surface area contributed by atoms with Gasteiger partial charge >= 0.3 is 0 Å². The van der Waals surface area contributed by atoms with E-state index >= 15 is 4.57 Å². The van der Waals surface area contributed by atoms with Crippen molar-refractivity contribution in [2.45, 2.75) is 0 Å². The van der Waals surface area contributed by atoms with Gasteiger partial charge in [0.05, 0.1) is 9.75 Å². The van der Waals surface area contributed by atoms with Crippen molar-refractivity contribution in [3.8, 4) is 20.9 Å². The molecule has 1 aliphatic rings. The predicted octanol–water partition coefficient (Wildman–Crippen LogP) is 13.3. The molecule has 0 unspecified atom stereocenters. The molecule has 0 aliphatic carbocycles. The Morgan fingerprint density at radius 3 is 0.983 bits per heavy atom. The first-order valence-electron chi connectivity index (χ1n) is 19.1. The van der Waals surface area contributed by atoms with Gasteiger partial charge in [-0.15, -0.1) is 22.7 Å². The third-order valence-corrected chi connectivity index (χ3v) is 16.3. The molecule has 4 nitrogen and oxygen atoms in total. The molecule has 0 fully saturated rings. The smallest absolute Gasteiger partial charge is 0.214 e. The van der Waals surface area contributed by atoms with Crippen LogP contribution in [0.3, 0.4) is 0 Å². The lowest BCUT2D eigenvalue weighted by Gasteiger charge is -2.25. The summed E-state index contributed by atoms with van der Waals surface area (Å²) in [6.07, 6.45) is 0. The third kappa shape index (κ3) is 6.32. The average Bonchev–Trinajstić information content (AvgIpc) is 3.96. The molecule has 58 heavy (non-hydrogen) atoms. The summed E-state index contributed by atoms with van der Waals surface area (Å²) in [6.45, 7) is 0. The normalized spacial score (nSPS) is 12.7. The summed E-state index contributed by atoms with van der Waals surface area (Å²) in [4.78, 5) is 21.9. The van der Waals surface area contributed by atoms with Crippen LogP contribution in [0.4, 0.5) is 34.1 Å². The van der Waals surface area contributed by atoms with Crippen molar-refractivity contribution in [2.75, 3.05) is 9.80 Å². The minimum Gasteiger partial charge on any atom is -0.311 e. The SMILES string of the molecule is O=C1c2sc(-c3ccc(N(c4ccccc4)c4ccccc4)cc3)cc2P(=O)(c2ccccc2)c2cc(-c3ccc(N(c4ccccc4)c4ccccc4)cc3)sc21. The Kier molecular flexibility index (Phi) is 9.31. The van der Waals surface area contributed by atoms with Crippen LogP contribution in [0.2, 0.25) is 0 Å². The first-order valence-corrected chi connectivity index (χ1v) is 22.4. The molecule has 9 aromatic rings. The summed E-state index contributed by atoms with van der Waals surface area (Å²) in [7, 11) is -3.41. The molecular weight excluding hydrogens is 768 g/mol. The second-order valence-corrected chi connectivity index (χ2v) is 18.8. The first kappa shape index (κ1) is 35.8. The van der Waals surface area contributed by atoms with Gasteiger partial charge in [0.2, 0.25) is 5.78 Å². The van der Waals surface area contributed by atoms with Crippen molar-refractivity contribution < 1.29 is 9.36 Å². The van der Waals surface area contributed by atoms with E-state index in [9.17, 15) is 4.79 Å². The molecule has 0 N–H and O–H groups in total. The van der Waals surface area contributed by atoms with E-state index in [2.05, 4.69) is 107 Å². The van der Waals surface area contributed by atoms with E-state index in [0.29, 0.717) is 20.4 Å². The minimum absolute atomic E-state index is 0.0631. The van der Waals surface area contributed by atoms with Crippen LogP contribution in [0, 0.1) is 0 Å². The largest absolute Gasteiger partial charge is 0.311 e. The van der Waals surface area contributed by atoms with Gasteiger partial charge in [0.25, 0.3) is 0 Å². The van der Waals surface area contributed by atoms with Gasteiger partial charge in [0.1, 0.15) is 0 Å². The molecule has 0 bridgehead atoms. The van der Waals surface area contributed by atoms with Crippen molar-refractivity contribution >= 4 is 85.6 Å². The lowest BCUT2D eigenvalue weighted by atomic mass is 10.1. The fourth-order valence-corrected chi connectivity index (χ4v) is 13.8. The Morgan fingerprint density at radius 2 is 0.655 bits per heavy atom. The van der Waals surface area contributed by atoms with Crippen LogP contribution >= 0.6 is 29.8 Å². The molecule has 3 heterocycles. The van der Waals surface area contributed by atoms with Crippen molar-refractivity contribution in [1.29, 1.82) is 0 Å². The van der Waals surface area contributed by atoms with Gasteiger partial charge in [-0.05, 0) is 96.1 Å². The Balaban J connectivity index is 1.02. The molecule has 0 atom stereocenters. The van der Waals surface area contributed by atoms with E-state index in [-0.39, 0.29) is 5.78 Å². The molecule has 0 amide bonds. The van der Waals surface area contributed by atoms with Gasteiger partial charge in [0, 0.05) is 59.8 Å². The molecule has 10 rings (SSSR count). The summed E-state index contributed by atoms with van der Waals surface area (Å²) in [5, 5.41) is 1.97. The number of hydrogen-bond acceptors (Lipinski definition) is 6. The van der Waals surface area contributed by atoms with Gasteiger partial charge in [0.15, 0.2) is 7.14 Å². The zero-order valence-corrected chi connectivity index (χ0v) is 33.7. The molecule has 0 saturated heterocycles. The fraction of sp³-hybridized carbons (Fsp3) is 0. The molecule has 0 spiro atoms. The molecule has 0 radical (unpaired) electrons. The van der Waals surface area contributed by atoms with Crippen molar-refractivity contribution in [2.24, 2.45) is 0 Å². The molecule has 278 valence electrons. The lowest BCUT2D eigenvalue weighted by molar-refractivity contribution is 0.104. The highest BCUT2D eigenvalue weighted by molar-refractivity contribution is 7.86. The van der Waals surface area contributed by atoms with Gasteiger partial charge in [-0.2, -0.15) is 0 Å². The molecule has 1 aliphatic heterocycles. The molecule has 7 heteroatoms. The van der Waals surface area contributed by atoms with Gasteiger partial charge in [-0.25, -0.2) is 0 Å². The number of anilines is 6. The van der Waals surface area contributed by atoms with Crippen molar-refractivity contribution in [1.82, 2.24) is 0 Å². The number of ketones is 1. The number of carbonyl (C=O) groups excluding carboxylic acids is 1. The van der Waals surface area contributed by atoms with Crippen LogP contribution in [-0.4, -0.2) is 5.78 Å². The van der Waals surface area contributed by atoms with E-state index < -0.39 is 7.14 Å². The van der Waals surface area contributed by atoms with E-state index in [0.717, 1.165) is 60.3 Å². The zero-order valence-electron chi connectivity index (χ0n) is 31.2. The number of hydrogen-bond donors (Lipinski definition) is 0. The molecule has 0 saturated carbocycles.